The fourth-order valence-electron chi connectivity index (χ4n) is 5.75. The molecule has 0 aromatic rings. The van der Waals surface area contributed by atoms with Gasteiger partial charge >= 0.3 is 0 Å². The predicted octanol–water partition coefficient (Wildman–Crippen LogP) is 4.86. The Morgan fingerprint density at radius 1 is 0.950 bits per heavy atom. The molecule has 1 N–H and O–H groups in total. The fourth-order valence-corrected chi connectivity index (χ4v) is 5.75. The average molecular weight is 277 g/mol. The molecule has 0 aliphatic heterocycles. The van der Waals surface area contributed by atoms with Crippen molar-refractivity contribution < 1.29 is 0 Å². The number of hydrogen-bond donors (Lipinski definition) is 1. The summed E-state index contributed by atoms with van der Waals surface area (Å²) < 4.78 is 0. The van der Waals surface area contributed by atoms with Crippen LogP contribution in [0.2, 0.25) is 0 Å². The van der Waals surface area contributed by atoms with Crippen molar-refractivity contribution in [3.8, 4) is 0 Å². The van der Waals surface area contributed by atoms with Gasteiger partial charge in [0.1, 0.15) is 0 Å². The highest BCUT2D eigenvalue weighted by Crippen LogP contribution is 2.51. The van der Waals surface area contributed by atoms with Crippen LogP contribution in [0.3, 0.4) is 0 Å². The van der Waals surface area contributed by atoms with E-state index in [4.69, 9.17) is 0 Å². The van der Waals surface area contributed by atoms with Crippen LogP contribution < -0.4 is 5.32 Å². The summed E-state index contributed by atoms with van der Waals surface area (Å²) in [6, 6.07) is 0.828. The minimum Gasteiger partial charge on any atom is -0.314 e. The van der Waals surface area contributed by atoms with Crippen LogP contribution in [0, 0.1) is 35.5 Å². The van der Waals surface area contributed by atoms with Crippen LogP contribution in [0.5, 0.6) is 0 Å². The fraction of sp³-hybridized carbons (Fsp3) is 1.00. The molecular formula is C19H35N. The first-order valence-electron chi connectivity index (χ1n) is 9.40. The van der Waals surface area contributed by atoms with Crippen molar-refractivity contribution in [2.24, 2.45) is 35.5 Å². The quantitative estimate of drug-likeness (QED) is 0.756. The van der Waals surface area contributed by atoms with Crippen molar-refractivity contribution in [2.45, 2.75) is 78.2 Å². The molecule has 2 bridgehead atoms. The number of fused-ring (bicyclic) bond motifs is 2. The van der Waals surface area contributed by atoms with Crippen LogP contribution in [0.1, 0.15) is 72.1 Å². The number of hydrogen-bond acceptors (Lipinski definition) is 1. The zero-order chi connectivity index (χ0) is 14.1. The second-order valence-electron chi connectivity index (χ2n) is 8.41. The molecule has 0 saturated heterocycles. The topological polar surface area (TPSA) is 12.0 Å². The molecule has 3 aliphatic carbocycles. The number of rotatable bonds is 5. The third-order valence-electron chi connectivity index (χ3n) is 6.92. The minimum absolute atomic E-state index is 0.828. The van der Waals surface area contributed by atoms with E-state index in [9.17, 15) is 0 Å². The summed E-state index contributed by atoms with van der Waals surface area (Å²) in [4.78, 5) is 0. The Bertz CT molecular complexity index is 311. The molecule has 116 valence electrons. The zero-order valence-electron chi connectivity index (χ0n) is 13.9. The number of nitrogens with one attached hydrogen (secondary N) is 1. The molecule has 3 rings (SSSR count). The van der Waals surface area contributed by atoms with Gasteiger partial charge in [-0.1, -0.05) is 27.2 Å². The maximum atomic E-state index is 3.81. The van der Waals surface area contributed by atoms with Crippen molar-refractivity contribution in [3.05, 3.63) is 0 Å². The normalized spacial score (nSPS) is 44.4. The summed E-state index contributed by atoms with van der Waals surface area (Å²) in [5.41, 5.74) is 0. The molecule has 0 heterocycles. The van der Waals surface area contributed by atoms with Crippen LogP contribution in [-0.2, 0) is 0 Å². The van der Waals surface area contributed by atoms with Crippen molar-refractivity contribution in [1.82, 2.24) is 5.32 Å². The van der Waals surface area contributed by atoms with Crippen LogP contribution in [0.25, 0.3) is 0 Å². The Morgan fingerprint density at radius 2 is 1.80 bits per heavy atom. The van der Waals surface area contributed by atoms with E-state index in [1.54, 1.807) is 32.1 Å². The van der Waals surface area contributed by atoms with E-state index < -0.39 is 0 Å². The summed E-state index contributed by atoms with van der Waals surface area (Å²) >= 11 is 0. The van der Waals surface area contributed by atoms with Gasteiger partial charge < -0.3 is 5.32 Å². The molecule has 6 unspecified atom stereocenters. The van der Waals surface area contributed by atoms with Gasteiger partial charge in [0.25, 0.3) is 0 Å². The van der Waals surface area contributed by atoms with Gasteiger partial charge in [-0.2, -0.15) is 0 Å². The molecule has 1 nitrogen and oxygen atoms in total. The van der Waals surface area contributed by atoms with Gasteiger partial charge in [-0.05, 0) is 87.0 Å². The highest BCUT2D eigenvalue weighted by molar-refractivity contribution is 4.94. The molecule has 0 radical (unpaired) electrons. The van der Waals surface area contributed by atoms with Crippen molar-refractivity contribution in [2.75, 3.05) is 6.54 Å². The lowest BCUT2D eigenvalue weighted by Crippen LogP contribution is -2.42. The Balaban J connectivity index is 1.60. The highest BCUT2D eigenvalue weighted by atomic mass is 14.9. The van der Waals surface area contributed by atoms with Crippen molar-refractivity contribution in [3.63, 3.8) is 0 Å². The maximum Gasteiger partial charge on any atom is 0.00955 e. The highest BCUT2D eigenvalue weighted by Gasteiger charge is 2.42. The van der Waals surface area contributed by atoms with Crippen molar-refractivity contribution in [1.29, 1.82) is 0 Å². The SMILES string of the molecule is CCNC1CCC(C(C)C)CC1CC1CC2CCC1C2. The van der Waals surface area contributed by atoms with Gasteiger partial charge in [0.2, 0.25) is 0 Å². The molecule has 20 heavy (non-hydrogen) atoms. The summed E-state index contributed by atoms with van der Waals surface area (Å²) in [7, 11) is 0. The van der Waals surface area contributed by atoms with Gasteiger partial charge in [-0.15, -0.1) is 0 Å². The molecule has 3 saturated carbocycles. The van der Waals surface area contributed by atoms with E-state index in [0.717, 1.165) is 48.1 Å². The minimum atomic E-state index is 0.828. The smallest absolute Gasteiger partial charge is 0.00955 e. The summed E-state index contributed by atoms with van der Waals surface area (Å²) in [6.45, 7) is 8.31. The van der Waals surface area contributed by atoms with Gasteiger partial charge in [-0.3, -0.25) is 0 Å². The van der Waals surface area contributed by atoms with Crippen LogP contribution in [-0.4, -0.2) is 12.6 Å². The Hall–Kier alpha value is -0.0400. The zero-order valence-corrected chi connectivity index (χ0v) is 13.9. The van der Waals surface area contributed by atoms with Crippen molar-refractivity contribution >= 4 is 0 Å². The summed E-state index contributed by atoms with van der Waals surface area (Å²) in [6.07, 6.45) is 12.2. The second kappa shape index (κ2) is 6.38. The second-order valence-corrected chi connectivity index (χ2v) is 8.41. The monoisotopic (exact) mass is 277 g/mol. The van der Waals surface area contributed by atoms with Crippen LogP contribution in [0.4, 0.5) is 0 Å². The molecule has 0 spiro atoms. The third-order valence-corrected chi connectivity index (χ3v) is 6.92. The molecular weight excluding hydrogens is 242 g/mol. The van der Waals surface area contributed by atoms with Gasteiger partial charge in [0, 0.05) is 6.04 Å². The first kappa shape index (κ1) is 14.9. The molecule has 3 aliphatic rings. The van der Waals surface area contributed by atoms with E-state index in [-0.39, 0.29) is 0 Å². The van der Waals surface area contributed by atoms with E-state index in [0.29, 0.717) is 0 Å². The lowest BCUT2D eigenvalue weighted by Gasteiger charge is -2.40. The largest absolute Gasteiger partial charge is 0.314 e. The van der Waals surface area contributed by atoms with Crippen LogP contribution in [0.15, 0.2) is 0 Å². The Morgan fingerprint density at radius 3 is 2.40 bits per heavy atom. The molecule has 6 atom stereocenters. The summed E-state index contributed by atoms with van der Waals surface area (Å²) in [5.74, 6) is 6.17. The first-order valence-corrected chi connectivity index (χ1v) is 9.40. The molecule has 0 amide bonds. The van der Waals surface area contributed by atoms with E-state index in [1.165, 1.54) is 19.3 Å². The third kappa shape index (κ3) is 3.08. The summed E-state index contributed by atoms with van der Waals surface area (Å²) in [5, 5.41) is 3.81. The van der Waals surface area contributed by atoms with E-state index in [2.05, 4.69) is 26.1 Å². The molecule has 3 fully saturated rings. The standard InChI is InChI=1S/C19H35N/c1-4-20-19-8-7-15(13(2)3)11-18(19)12-17-10-14-5-6-16(17)9-14/h13-20H,4-12H2,1-3H3. The van der Waals surface area contributed by atoms with Gasteiger partial charge in [-0.25, -0.2) is 0 Å². The lowest BCUT2D eigenvalue weighted by atomic mass is 9.69. The first-order chi connectivity index (χ1) is 9.67. The maximum absolute atomic E-state index is 3.81. The molecule has 0 aromatic carbocycles. The molecule has 0 aromatic heterocycles. The van der Waals surface area contributed by atoms with E-state index in [1.807, 2.05) is 0 Å². The van der Waals surface area contributed by atoms with Crippen LogP contribution >= 0.6 is 0 Å². The Kier molecular flexibility index (Phi) is 4.75. The van der Waals surface area contributed by atoms with E-state index >= 15 is 0 Å². The predicted molar refractivity (Wildman–Crippen MR) is 86.7 cm³/mol. The average Bonchev–Trinajstić information content (AvgIpc) is 3.03. The van der Waals surface area contributed by atoms with Gasteiger partial charge in [0.05, 0.1) is 0 Å². The Labute approximate surface area is 126 Å². The lowest BCUT2D eigenvalue weighted by molar-refractivity contribution is 0.132. The molecule has 1 heteroatoms. The van der Waals surface area contributed by atoms with Gasteiger partial charge in [0.15, 0.2) is 0 Å².